The van der Waals surface area contributed by atoms with Crippen molar-refractivity contribution in [3.05, 3.63) is 42.5 Å². The molecule has 1 aromatic heterocycles. The number of carbonyl (C=O) groups excluding carboxylic acids is 1. The van der Waals surface area contributed by atoms with Crippen LogP contribution in [0.3, 0.4) is 0 Å². The Morgan fingerprint density at radius 3 is 2.45 bits per heavy atom. The van der Waals surface area contributed by atoms with Gasteiger partial charge in [0.1, 0.15) is 5.75 Å². The summed E-state index contributed by atoms with van der Waals surface area (Å²) in [4.78, 5) is 12.5. The molecule has 2 aromatic carbocycles. The van der Waals surface area contributed by atoms with E-state index in [0.717, 1.165) is 0 Å². The highest BCUT2D eigenvalue weighted by atomic mass is 32.2. The number of para-hydroxylation sites is 2. The molecule has 1 heterocycles. The number of anilines is 1. The van der Waals surface area contributed by atoms with Crippen LogP contribution < -0.4 is 19.5 Å². The van der Waals surface area contributed by atoms with Crippen molar-refractivity contribution in [3.8, 4) is 28.7 Å². The van der Waals surface area contributed by atoms with E-state index in [-0.39, 0.29) is 11.1 Å². The van der Waals surface area contributed by atoms with Gasteiger partial charge in [0, 0.05) is 5.56 Å². The number of methoxy groups -OCH3 is 3. The van der Waals surface area contributed by atoms with Crippen LogP contribution in [0.1, 0.15) is 6.92 Å². The van der Waals surface area contributed by atoms with Crippen LogP contribution in [0, 0.1) is 0 Å². The zero-order chi connectivity index (χ0) is 20.8. The largest absolute Gasteiger partial charge is 0.495 e. The summed E-state index contributed by atoms with van der Waals surface area (Å²) in [7, 11) is 4.67. The first kappa shape index (κ1) is 20.5. The molecule has 152 valence electrons. The van der Waals surface area contributed by atoms with Crippen LogP contribution in [0.25, 0.3) is 11.5 Å². The van der Waals surface area contributed by atoms with E-state index in [1.165, 1.54) is 11.8 Å². The average molecular weight is 415 g/mol. The first-order valence-electron chi connectivity index (χ1n) is 8.72. The Kier molecular flexibility index (Phi) is 6.61. The van der Waals surface area contributed by atoms with Crippen LogP contribution >= 0.6 is 11.8 Å². The fourth-order valence-electron chi connectivity index (χ4n) is 2.53. The molecule has 1 atom stereocenters. The molecule has 3 aromatic rings. The summed E-state index contributed by atoms with van der Waals surface area (Å²) in [6.45, 7) is 1.76. The molecule has 1 N–H and O–H groups in total. The number of amides is 1. The topological polar surface area (TPSA) is 95.7 Å². The number of nitrogens with zero attached hydrogens (tertiary/aromatic N) is 2. The zero-order valence-corrected chi connectivity index (χ0v) is 17.3. The third kappa shape index (κ3) is 4.80. The van der Waals surface area contributed by atoms with Gasteiger partial charge in [-0.05, 0) is 37.3 Å². The molecule has 9 heteroatoms. The first-order chi connectivity index (χ1) is 14.0. The molecule has 0 fully saturated rings. The molecule has 0 aliphatic rings. The average Bonchev–Trinajstić information content (AvgIpc) is 3.21. The van der Waals surface area contributed by atoms with Gasteiger partial charge in [0.2, 0.25) is 11.8 Å². The van der Waals surface area contributed by atoms with Crippen molar-refractivity contribution in [2.75, 3.05) is 26.6 Å². The van der Waals surface area contributed by atoms with E-state index < -0.39 is 5.25 Å². The number of aromatic nitrogens is 2. The Hall–Kier alpha value is -3.20. The Labute approximate surface area is 172 Å². The number of thioether (sulfide) groups is 1. The zero-order valence-electron chi connectivity index (χ0n) is 16.5. The minimum absolute atomic E-state index is 0.203. The lowest BCUT2D eigenvalue weighted by Crippen LogP contribution is -2.22. The van der Waals surface area contributed by atoms with E-state index in [4.69, 9.17) is 18.6 Å². The highest BCUT2D eigenvalue weighted by Crippen LogP contribution is 2.33. The Bertz CT molecular complexity index is 992. The highest BCUT2D eigenvalue weighted by Gasteiger charge is 2.20. The van der Waals surface area contributed by atoms with Crippen LogP contribution in [0.5, 0.6) is 17.2 Å². The summed E-state index contributed by atoms with van der Waals surface area (Å²) in [5.74, 6) is 1.87. The minimum atomic E-state index is -0.460. The third-order valence-corrected chi connectivity index (χ3v) is 4.98. The van der Waals surface area contributed by atoms with Gasteiger partial charge in [0.15, 0.2) is 11.5 Å². The lowest BCUT2D eigenvalue weighted by atomic mass is 10.2. The lowest BCUT2D eigenvalue weighted by Gasteiger charge is -2.12. The van der Waals surface area contributed by atoms with Gasteiger partial charge in [-0.1, -0.05) is 23.9 Å². The van der Waals surface area contributed by atoms with Gasteiger partial charge >= 0.3 is 0 Å². The molecule has 0 spiro atoms. The van der Waals surface area contributed by atoms with E-state index in [0.29, 0.717) is 34.4 Å². The first-order valence-corrected chi connectivity index (χ1v) is 9.60. The number of hydrogen-bond acceptors (Lipinski definition) is 8. The second-order valence-electron chi connectivity index (χ2n) is 5.89. The Morgan fingerprint density at radius 2 is 1.72 bits per heavy atom. The molecule has 3 rings (SSSR count). The molecular weight excluding hydrogens is 394 g/mol. The molecule has 0 aliphatic heterocycles. The minimum Gasteiger partial charge on any atom is -0.495 e. The molecule has 0 bridgehead atoms. The van der Waals surface area contributed by atoms with Crippen molar-refractivity contribution >= 4 is 23.4 Å². The molecule has 0 saturated carbocycles. The maximum absolute atomic E-state index is 12.5. The SMILES string of the molecule is COc1ccccc1NC(=O)[C@H](C)Sc1nnc(-c2ccc(OC)c(OC)c2)o1. The van der Waals surface area contributed by atoms with Crippen LogP contribution in [-0.2, 0) is 4.79 Å². The van der Waals surface area contributed by atoms with Crippen molar-refractivity contribution in [2.45, 2.75) is 17.4 Å². The van der Waals surface area contributed by atoms with E-state index in [1.807, 2.05) is 12.1 Å². The molecular formula is C20H21N3O5S. The molecule has 1 amide bonds. The summed E-state index contributed by atoms with van der Waals surface area (Å²) in [5.41, 5.74) is 1.29. The number of ether oxygens (including phenoxy) is 3. The van der Waals surface area contributed by atoms with Gasteiger partial charge in [-0.25, -0.2) is 0 Å². The highest BCUT2D eigenvalue weighted by molar-refractivity contribution is 8.00. The summed E-state index contributed by atoms with van der Waals surface area (Å²) in [6.07, 6.45) is 0. The van der Waals surface area contributed by atoms with E-state index >= 15 is 0 Å². The van der Waals surface area contributed by atoms with Gasteiger partial charge in [-0.3, -0.25) is 4.79 Å². The number of benzene rings is 2. The Morgan fingerprint density at radius 1 is 1.00 bits per heavy atom. The van der Waals surface area contributed by atoms with E-state index in [2.05, 4.69) is 15.5 Å². The predicted octanol–water partition coefficient (Wildman–Crippen LogP) is 3.88. The van der Waals surface area contributed by atoms with Crippen molar-refractivity contribution in [3.63, 3.8) is 0 Å². The van der Waals surface area contributed by atoms with Crippen LogP contribution in [0.2, 0.25) is 0 Å². The van der Waals surface area contributed by atoms with Gasteiger partial charge in [0.05, 0.1) is 32.3 Å². The van der Waals surface area contributed by atoms with Gasteiger partial charge < -0.3 is 23.9 Å². The maximum Gasteiger partial charge on any atom is 0.277 e. The second kappa shape index (κ2) is 9.33. The lowest BCUT2D eigenvalue weighted by molar-refractivity contribution is -0.115. The van der Waals surface area contributed by atoms with Crippen molar-refractivity contribution in [1.82, 2.24) is 10.2 Å². The number of hydrogen-bond donors (Lipinski definition) is 1. The number of nitrogens with one attached hydrogen (secondary N) is 1. The number of rotatable bonds is 8. The summed E-state index contributed by atoms with van der Waals surface area (Å²) < 4.78 is 21.5. The van der Waals surface area contributed by atoms with E-state index in [9.17, 15) is 4.79 Å². The van der Waals surface area contributed by atoms with Crippen LogP contribution in [-0.4, -0.2) is 42.7 Å². The Balaban J connectivity index is 1.68. The molecule has 0 aliphatic carbocycles. The fourth-order valence-corrected chi connectivity index (χ4v) is 3.21. The van der Waals surface area contributed by atoms with Crippen LogP contribution in [0.15, 0.2) is 52.1 Å². The van der Waals surface area contributed by atoms with Crippen molar-refractivity contribution < 1.29 is 23.4 Å². The van der Waals surface area contributed by atoms with Gasteiger partial charge in [-0.15, -0.1) is 10.2 Å². The van der Waals surface area contributed by atoms with Gasteiger partial charge in [0.25, 0.3) is 5.22 Å². The molecule has 0 saturated heterocycles. The quantitative estimate of drug-likeness (QED) is 0.554. The second-order valence-corrected chi connectivity index (χ2v) is 7.18. The monoisotopic (exact) mass is 415 g/mol. The molecule has 0 radical (unpaired) electrons. The molecule has 0 unspecified atom stereocenters. The third-order valence-electron chi connectivity index (χ3n) is 4.05. The normalized spacial score (nSPS) is 11.6. The van der Waals surface area contributed by atoms with Crippen molar-refractivity contribution in [1.29, 1.82) is 0 Å². The van der Waals surface area contributed by atoms with Crippen molar-refractivity contribution in [2.24, 2.45) is 0 Å². The summed E-state index contributed by atoms with van der Waals surface area (Å²) in [6, 6.07) is 12.5. The maximum atomic E-state index is 12.5. The number of carbonyl (C=O) groups is 1. The summed E-state index contributed by atoms with van der Waals surface area (Å²) >= 11 is 1.17. The van der Waals surface area contributed by atoms with Gasteiger partial charge in [-0.2, -0.15) is 0 Å². The molecule has 8 nitrogen and oxygen atoms in total. The predicted molar refractivity (Wildman–Crippen MR) is 110 cm³/mol. The van der Waals surface area contributed by atoms with Crippen LogP contribution in [0.4, 0.5) is 5.69 Å². The van der Waals surface area contributed by atoms with E-state index in [1.54, 1.807) is 58.6 Å². The fraction of sp³-hybridized carbons (Fsp3) is 0.250. The standard InChI is InChI=1S/C20H21N3O5S/c1-12(18(24)21-14-7-5-6-8-15(14)25-2)29-20-23-22-19(28-20)13-9-10-16(26-3)17(11-13)27-4/h5-12H,1-4H3,(H,21,24)/t12-/m0/s1. The summed E-state index contributed by atoms with van der Waals surface area (Å²) in [5, 5.41) is 10.8. The molecule has 29 heavy (non-hydrogen) atoms. The smallest absolute Gasteiger partial charge is 0.277 e.